The number of ether oxygens (including phenoxy) is 1. The van der Waals surface area contributed by atoms with Crippen LogP contribution in [0.15, 0.2) is 52.8 Å². The molecule has 35 heavy (non-hydrogen) atoms. The lowest BCUT2D eigenvalue weighted by Crippen LogP contribution is -2.50. The van der Waals surface area contributed by atoms with Gasteiger partial charge in [-0.05, 0) is 49.8 Å². The van der Waals surface area contributed by atoms with E-state index in [1.165, 1.54) is 11.8 Å². The number of nitrogen functional groups attached to an aromatic ring is 1. The van der Waals surface area contributed by atoms with Crippen molar-refractivity contribution in [2.75, 3.05) is 30.3 Å². The first-order valence-electron chi connectivity index (χ1n) is 11.5. The predicted molar refractivity (Wildman–Crippen MR) is 137 cm³/mol. The van der Waals surface area contributed by atoms with Crippen LogP contribution in [-0.4, -0.2) is 51.8 Å². The molecule has 0 aliphatic carbocycles. The van der Waals surface area contributed by atoms with E-state index in [0.29, 0.717) is 27.3 Å². The van der Waals surface area contributed by atoms with E-state index in [4.69, 9.17) is 27.8 Å². The molecule has 2 aliphatic heterocycles. The second-order valence-electron chi connectivity index (χ2n) is 8.85. The van der Waals surface area contributed by atoms with Gasteiger partial charge < -0.3 is 21.1 Å². The van der Waals surface area contributed by atoms with E-state index in [1.54, 1.807) is 18.6 Å². The lowest BCUT2D eigenvalue weighted by atomic mass is 9.73. The molecule has 0 unspecified atom stereocenters. The Kier molecular flexibility index (Phi) is 6.80. The van der Waals surface area contributed by atoms with Gasteiger partial charge in [0.2, 0.25) is 0 Å². The summed E-state index contributed by atoms with van der Waals surface area (Å²) in [6, 6.07) is 7.43. The lowest BCUT2D eigenvalue weighted by Gasteiger charge is -2.41. The molecule has 0 aromatic carbocycles. The summed E-state index contributed by atoms with van der Waals surface area (Å²) in [6.07, 6.45) is 7.15. The molecule has 2 fully saturated rings. The number of pyridine rings is 2. The van der Waals surface area contributed by atoms with Crippen molar-refractivity contribution in [1.29, 1.82) is 0 Å². The van der Waals surface area contributed by atoms with Crippen molar-refractivity contribution in [2.24, 2.45) is 11.1 Å². The second-order valence-corrected chi connectivity index (χ2v) is 10.3. The first-order valence-corrected chi connectivity index (χ1v) is 12.6. The van der Waals surface area contributed by atoms with Crippen molar-refractivity contribution in [2.45, 2.75) is 41.8 Å². The van der Waals surface area contributed by atoms with E-state index < -0.39 is 0 Å². The predicted octanol–water partition coefficient (Wildman–Crippen LogP) is 3.39. The van der Waals surface area contributed by atoms with Crippen LogP contribution < -0.4 is 16.4 Å². The Labute approximate surface area is 213 Å². The summed E-state index contributed by atoms with van der Waals surface area (Å²) in [6.45, 7) is 4.48. The molecule has 5 heterocycles. The smallest absolute Gasteiger partial charge is 0.158 e. The van der Waals surface area contributed by atoms with Crippen molar-refractivity contribution in [3.05, 3.63) is 59.3 Å². The Morgan fingerprint density at radius 2 is 1.97 bits per heavy atom. The van der Waals surface area contributed by atoms with E-state index in [-0.39, 0.29) is 17.6 Å². The van der Waals surface area contributed by atoms with Crippen LogP contribution in [-0.2, 0) is 4.74 Å². The van der Waals surface area contributed by atoms with Crippen molar-refractivity contribution < 1.29 is 4.74 Å². The fraction of sp³-hybridized carbons (Fsp3) is 0.360. The number of nitrogens with two attached hydrogens (primary N) is 2. The molecule has 4 N–H and O–H groups in total. The van der Waals surface area contributed by atoms with Gasteiger partial charge in [-0.3, -0.25) is 0 Å². The minimum Gasteiger partial charge on any atom is -0.381 e. The van der Waals surface area contributed by atoms with Crippen LogP contribution in [0, 0.1) is 17.3 Å². The summed E-state index contributed by atoms with van der Waals surface area (Å²) >= 11 is 7.93. The van der Waals surface area contributed by atoms with E-state index in [2.05, 4.69) is 43.6 Å². The monoisotopic (exact) mass is 507 g/mol. The molecule has 2 atom stereocenters. The van der Waals surface area contributed by atoms with Gasteiger partial charge in [0.15, 0.2) is 5.82 Å². The maximum Gasteiger partial charge on any atom is 0.158 e. The Morgan fingerprint density at radius 1 is 1.14 bits per heavy atom. The third-order valence-corrected chi connectivity index (χ3v) is 8.28. The third-order valence-electron chi connectivity index (χ3n) is 6.72. The zero-order valence-corrected chi connectivity index (χ0v) is 20.9. The minimum atomic E-state index is 0.0555. The van der Waals surface area contributed by atoms with Crippen LogP contribution >= 0.6 is 23.4 Å². The Balaban J connectivity index is 1.28. The van der Waals surface area contributed by atoms with Crippen molar-refractivity contribution in [3.63, 3.8) is 0 Å². The molecule has 2 saturated heterocycles. The standard InChI is InChI=1S/C25H26ClN7OS/c1-16-22(27)25(15-34-16)8-12-33(13-9-25)20-14-31-24(23(28)32-20)35-19-7-11-30-18(21(19)26)6-5-17-4-2-3-10-29-17/h2-4,7,10-11,14,16,22H,8-9,12-13,15,27H2,1H3,(H2,28,32)/t16-,22+/m0/s1. The molecule has 0 saturated carbocycles. The minimum absolute atomic E-state index is 0.0555. The molecule has 5 rings (SSSR count). The molecule has 0 bridgehead atoms. The quantitative estimate of drug-likeness (QED) is 0.514. The Hall–Kier alpha value is -2.90. The molecule has 2 aliphatic rings. The number of hydrogen-bond donors (Lipinski definition) is 2. The molecule has 0 radical (unpaired) electrons. The number of rotatable bonds is 3. The van der Waals surface area contributed by atoms with Crippen LogP contribution in [0.3, 0.4) is 0 Å². The molecular weight excluding hydrogens is 482 g/mol. The fourth-order valence-electron chi connectivity index (χ4n) is 4.52. The Morgan fingerprint density at radius 3 is 2.66 bits per heavy atom. The number of nitrogens with zero attached hydrogens (tertiary/aromatic N) is 5. The highest BCUT2D eigenvalue weighted by Gasteiger charge is 2.47. The first-order chi connectivity index (χ1) is 16.9. The third kappa shape index (κ3) is 4.93. The average molecular weight is 508 g/mol. The van der Waals surface area contributed by atoms with Gasteiger partial charge >= 0.3 is 0 Å². The van der Waals surface area contributed by atoms with E-state index >= 15 is 0 Å². The number of piperidine rings is 1. The fourth-order valence-corrected chi connectivity index (χ4v) is 5.58. The van der Waals surface area contributed by atoms with Crippen LogP contribution in [0.2, 0.25) is 5.02 Å². The van der Waals surface area contributed by atoms with Gasteiger partial charge in [-0.1, -0.05) is 29.4 Å². The number of halogens is 1. The zero-order chi connectivity index (χ0) is 24.4. The maximum atomic E-state index is 6.59. The SMILES string of the molecule is C[C@@H]1OCC2(CCN(c3cnc(Sc4ccnc(C#Cc5ccccn5)c4Cl)c(N)n3)CC2)[C@@H]1N. The molecule has 3 aromatic rings. The van der Waals surface area contributed by atoms with Gasteiger partial charge in [0, 0.05) is 41.8 Å². The molecule has 1 spiro atoms. The number of aromatic nitrogens is 4. The summed E-state index contributed by atoms with van der Waals surface area (Å²) in [4.78, 5) is 20.7. The van der Waals surface area contributed by atoms with Crippen LogP contribution in [0.5, 0.6) is 0 Å². The van der Waals surface area contributed by atoms with Crippen molar-refractivity contribution in [3.8, 4) is 11.8 Å². The highest BCUT2D eigenvalue weighted by atomic mass is 35.5. The van der Waals surface area contributed by atoms with Crippen molar-refractivity contribution in [1.82, 2.24) is 19.9 Å². The molecular formula is C25H26ClN7OS. The van der Waals surface area contributed by atoms with Gasteiger partial charge in [-0.25, -0.2) is 19.9 Å². The first kappa shape index (κ1) is 23.8. The summed E-state index contributed by atoms with van der Waals surface area (Å²) in [5, 5.41) is 1.02. The van der Waals surface area contributed by atoms with Crippen LogP contribution in [0.4, 0.5) is 11.6 Å². The van der Waals surface area contributed by atoms with Gasteiger partial charge in [0.1, 0.15) is 22.2 Å². The largest absolute Gasteiger partial charge is 0.381 e. The summed E-state index contributed by atoms with van der Waals surface area (Å²) in [5.74, 6) is 7.09. The molecule has 10 heteroatoms. The zero-order valence-electron chi connectivity index (χ0n) is 19.3. The van der Waals surface area contributed by atoms with Crippen molar-refractivity contribution >= 4 is 35.0 Å². The summed E-state index contributed by atoms with van der Waals surface area (Å²) in [7, 11) is 0. The second kappa shape index (κ2) is 9.99. The van der Waals surface area contributed by atoms with Crippen LogP contribution in [0.25, 0.3) is 0 Å². The van der Waals surface area contributed by atoms with Gasteiger partial charge in [-0.2, -0.15) is 0 Å². The normalized spacial score (nSPS) is 21.1. The number of anilines is 2. The summed E-state index contributed by atoms with van der Waals surface area (Å²) < 4.78 is 5.83. The summed E-state index contributed by atoms with van der Waals surface area (Å²) in [5.41, 5.74) is 13.9. The molecule has 0 amide bonds. The van der Waals surface area contributed by atoms with E-state index in [1.807, 2.05) is 24.3 Å². The highest BCUT2D eigenvalue weighted by molar-refractivity contribution is 7.99. The number of hydrogen-bond acceptors (Lipinski definition) is 9. The molecule has 3 aromatic heterocycles. The molecule has 180 valence electrons. The van der Waals surface area contributed by atoms with E-state index in [0.717, 1.165) is 43.3 Å². The lowest BCUT2D eigenvalue weighted by molar-refractivity contribution is 0.0974. The molecule has 8 nitrogen and oxygen atoms in total. The van der Waals surface area contributed by atoms with Gasteiger partial charge in [-0.15, -0.1) is 0 Å². The maximum absolute atomic E-state index is 6.59. The Bertz CT molecular complexity index is 1270. The topological polar surface area (TPSA) is 116 Å². The van der Waals surface area contributed by atoms with Gasteiger partial charge in [0.25, 0.3) is 0 Å². The highest BCUT2D eigenvalue weighted by Crippen LogP contribution is 2.42. The van der Waals surface area contributed by atoms with E-state index in [9.17, 15) is 0 Å². The van der Waals surface area contributed by atoms with Crippen LogP contribution in [0.1, 0.15) is 31.2 Å². The van der Waals surface area contributed by atoms with Gasteiger partial charge in [0.05, 0.1) is 23.9 Å². The average Bonchev–Trinajstić information content (AvgIpc) is 3.15.